The molecule has 1 N–H and O–H groups in total. The van der Waals surface area contributed by atoms with Crippen molar-refractivity contribution in [3.63, 3.8) is 0 Å². The van der Waals surface area contributed by atoms with Crippen LogP contribution < -0.4 is 11.2 Å². The van der Waals surface area contributed by atoms with Gasteiger partial charge in [0.1, 0.15) is 18.4 Å². The summed E-state index contributed by atoms with van der Waals surface area (Å²) in [6, 6.07) is 0. The number of esters is 1. The van der Waals surface area contributed by atoms with Gasteiger partial charge in [0.25, 0.3) is 5.56 Å². The minimum absolute atomic E-state index is 0.303. The molecule has 3 heterocycles. The van der Waals surface area contributed by atoms with Gasteiger partial charge < -0.3 is 14.0 Å². The fraction of sp³-hybridized carbons (Fsp3) is 0.643. The third-order valence-electron chi connectivity index (χ3n) is 3.77. The molecule has 0 aliphatic carbocycles. The monoisotopic (exact) mass is 406 g/mol. The van der Waals surface area contributed by atoms with Crippen LogP contribution in [0.2, 0.25) is 0 Å². The topological polar surface area (TPSA) is 99.6 Å². The highest BCUT2D eigenvalue weighted by Crippen LogP contribution is 2.66. The lowest BCUT2D eigenvalue weighted by Crippen LogP contribution is -2.33. The van der Waals surface area contributed by atoms with Crippen LogP contribution >= 0.6 is 29.3 Å². The van der Waals surface area contributed by atoms with Gasteiger partial charge in [0.15, 0.2) is 6.55 Å². The van der Waals surface area contributed by atoms with Crippen LogP contribution in [0.15, 0.2) is 15.8 Å². The molecule has 2 fully saturated rings. The van der Waals surface area contributed by atoms with Crippen molar-refractivity contribution < 1.29 is 18.8 Å². The van der Waals surface area contributed by atoms with E-state index in [1.54, 1.807) is 29.7 Å². The lowest BCUT2D eigenvalue weighted by molar-refractivity contribution is -0.150. The number of ether oxygens (including phenoxy) is 2. The van der Waals surface area contributed by atoms with E-state index in [2.05, 4.69) is 4.98 Å². The molecule has 0 unspecified atom stereocenters. The van der Waals surface area contributed by atoms with Gasteiger partial charge in [-0.05, 0) is 6.92 Å². The van der Waals surface area contributed by atoms with Gasteiger partial charge in [-0.1, -0.05) is 22.8 Å². The smallest absolute Gasteiger partial charge is 0.330 e. The summed E-state index contributed by atoms with van der Waals surface area (Å²) in [5.74, 6) is 1.74. The van der Waals surface area contributed by atoms with Crippen LogP contribution in [-0.2, 0) is 18.8 Å². The van der Waals surface area contributed by atoms with Crippen LogP contribution in [0.5, 0.6) is 0 Å². The molecule has 25 heavy (non-hydrogen) atoms. The van der Waals surface area contributed by atoms with Gasteiger partial charge in [0.2, 0.25) is 0 Å². The Labute approximate surface area is 153 Å². The second kappa shape index (κ2) is 8.26. The first-order valence-corrected chi connectivity index (χ1v) is 12.2. The van der Waals surface area contributed by atoms with Crippen LogP contribution in [-0.4, -0.2) is 45.8 Å². The van der Waals surface area contributed by atoms with Crippen molar-refractivity contribution in [3.05, 3.63) is 32.6 Å². The molecule has 0 spiro atoms. The maximum absolute atomic E-state index is 12.1. The van der Waals surface area contributed by atoms with Gasteiger partial charge in [0, 0.05) is 36.6 Å². The highest BCUT2D eigenvalue weighted by molar-refractivity contribution is 8.88. The molecule has 3 atom stereocenters. The summed E-state index contributed by atoms with van der Waals surface area (Å²) in [5, 5.41) is 0. The van der Waals surface area contributed by atoms with Gasteiger partial charge >= 0.3 is 11.7 Å². The largest absolute Gasteiger partial charge is 0.460 e. The van der Waals surface area contributed by atoms with Gasteiger partial charge in [-0.3, -0.25) is 19.1 Å². The molecular weight excluding hydrogens is 387 g/mol. The zero-order valence-electron chi connectivity index (χ0n) is 13.8. The molecule has 2 aliphatic rings. The second-order valence-electron chi connectivity index (χ2n) is 5.68. The van der Waals surface area contributed by atoms with Crippen molar-refractivity contribution in [1.29, 1.82) is 0 Å². The molecular formula is C14H19N2O6PS2. The van der Waals surface area contributed by atoms with E-state index in [9.17, 15) is 14.4 Å². The number of H-pyrrole nitrogens is 1. The third-order valence-corrected chi connectivity index (χ3v) is 10.5. The Morgan fingerprint density at radius 1 is 1.44 bits per heavy atom. The summed E-state index contributed by atoms with van der Waals surface area (Å²) in [6.07, 6.45) is 0.244. The minimum Gasteiger partial charge on any atom is -0.460 e. The average Bonchev–Trinajstić information content (AvgIpc) is 3.18. The maximum atomic E-state index is 12.1. The first kappa shape index (κ1) is 19.0. The molecule has 0 saturated carbocycles. The first-order chi connectivity index (χ1) is 11.9. The van der Waals surface area contributed by atoms with Crippen LogP contribution in [0, 0.1) is 6.92 Å². The fourth-order valence-corrected chi connectivity index (χ4v) is 9.30. The molecule has 0 radical (unpaired) electrons. The van der Waals surface area contributed by atoms with Crippen molar-refractivity contribution >= 4 is 35.3 Å². The van der Waals surface area contributed by atoms with Crippen molar-refractivity contribution in [1.82, 2.24) is 9.55 Å². The summed E-state index contributed by atoms with van der Waals surface area (Å²) in [5.41, 5.74) is -0.557. The molecule has 3 rings (SSSR count). The molecule has 1 aromatic heterocycles. The Balaban J connectivity index is 1.73. The van der Waals surface area contributed by atoms with Crippen LogP contribution in [0.3, 0.4) is 0 Å². The number of rotatable bonds is 5. The summed E-state index contributed by atoms with van der Waals surface area (Å²) in [6.45, 7) is 2.67. The van der Waals surface area contributed by atoms with Crippen molar-refractivity contribution in [2.24, 2.45) is 0 Å². The molecule has 2 saturated heterocycles. The zero-order chi connectivity index (χ0) is 18.0. The van der Waals surface area contributed by atoms with E-state index in [0.29, 0.717) is 18.6 Å². The molecule has 11 heteroatoms. The standard InChI is InChI=1S/C14H19N2O6PS2/c1-8-6-16(14(19)15-13(8)18)12-5-10(21-9(2)17)11(22-12)7-20-23-24-3-4-25-23/h6,10-12H,3-5,7H2,1-2H3,(H,15,18,19)/t10-,11+,12+/m0/s1. The molecule has 0 amide bonds. The Morgan fingerprint density at radius 3 is 2.84 bits per heavy atom. The molecule has 0 bridgehead atoms. The number of hydrogen-bond acceptors (Lipinski definition) is 8. The van der Waals surface area contributed by atoms with Gasteiger partial charge in [0.05, 0.1) is 6.61 Å². The highest BCUT2D eigenvalue weighted by Gasteiger charge is 2.40. The number of carbonyl (C=O) groups is 1. The second-order valence-corrected chi connectivity index (χ2v) is 11.9. The van der Waals surface area contributed by atoms with E-state index in [4.69, 9.17) is 14.0 Å². The fourth-order valence-electron chi connectivity index (χ4n) is 2.63. The highest BCUT2D eigenvalue weighted by atomic mass is 33.1. The molecule has 2 aliphatic heterocycles. The van der Waals surface area contributed by atoms with Crippen molar-refractivity contribution in [2.75, 3.05) is 18.1 Å². The number of aromatic nitrogens is 2. The van der Waals surface area contributed by atoms with Crippen LogP contribution in [0.4, 0.5) is 0 Å². The van der Waals surface area contributed by atoms with E-state index < -0.39 is 42.2 Å². The zero-order valence-corrected chi connectivity index (χ0v) is 16.3. The quantitative estimate of drug-likeness (QED) is 0.584. The van der Waals surface area contributed by atoms with Gasteiger partial charge in [-0.2, -0.15) is 0 Å². The Bertz CT molecular complexity index is 748. The van der Waals surface area contributed by atoms with Crippen LogP contribution in [0.25, 0.3) is 0 Å². The lowest BCUT2D eigenvalue weighted by atomic mass is 10.2. The van der Waals surface area contributed by atoms with E-state index in [0.717, 1.165) is 11.5 Å². The summed E-state index contributed by atoms with van der Waals surface area (Å²) < 4.78 is 18.5. The SMILES string of the molecule is CC(=O)O[C@H]1C[C@H](n2cc(C)c(=O)[nH]c2=O)O[C@@H]1COP1SCCS1. The minimum atomic E-state index is -0.613. The molecule has 138 valence electrons. The Kier molecular flexibility index (Phi) is 6.27. The summed E-state index contributed by atoms with van der Waals surface area (Å²) >= 11 is 3.58. The summed E-state index contributed by atoms with van der Waals surface area (Å²) in [7, 11) is 0. The van der Waals surface area contributed by atoms with E-state index in [-0.39, 0.29) is 0 Å². The van der Waals surface area contributed by atoms with Crippen molar-refractivity contribution in [3.8, 4) is 0 Å². The van der Waals surface area contributed by atoms with Crippen molar-refractivity contribution in [2.45, 2.75) is 38.7 Å². The first-order valence-electron chi connectivity index (χ1n) is 7.77. The molecule has 8 nitrogen and oxygen atoms in total. The number of nitrogens with one attached hydrogen (secondary N) is 1. The third kappa shape index (κ3) is 4.68. The number of carbonyl (C=O) groups excluding carboxylic acids is 1. The maximum Gasteiger partial charge on any atom is 0.330 e. The van der Waals surface area contributed by atoms with E-state index >= 15 is 0 Å². The predicted molar refractivity (Wildman–Crippen MR) is 97.9 cm³/mol. The number of hydrogen-bond donors (Lipinski definition) is 1. The van der Waals surface area contributed by atoms with E-state index in [1.807, 2.05) is 0 Å². The Morgan fingerprint density at radius 2 is 2.16 bits per heavy atom. The average molecular weight is 406 g/mol. The normalized spacial score (nSPS) is 26.9. The summed E-state index contributed by atoms with van der Waals surface area (Å²) in [4.78, 5) is 37.2. The van der Waals surface area contributed by atoms with Gasteiger partial charge in [-0.15, -0.1) is 0 Å². The number of nitrogens with zero attached hydrogens (tertiary/aromatic N) is 1. The number of aryl methyl sites for hydroxylation is 1. The van der Waals surface area contributed by atoms with Crippen LogP contribution in [0.1, 0.15) is 25.1 Å². The Hall–Kier alpha value is -0.800. The lowest BCUT2D eigenvalue weighted by Gasteiger charge is -2.19. The number of aromatic amines is 1. The molecule has 0 aromatic carbocycles. The van der Waals surface area contributed by atoms with Gasteiger partial charge in [-0.25, -0.2) is 4.79 Å². The predicted octanol–water partition coefficient (Wildman–Crippen LogP) is 1.79. The molecule has 1 aromatic rings. The van der Waals surface area contributed by atoms with E-state index in [1.165, 1.54) is 17.7 Å².